The first-order chi connectivity index (χ1) is 15.6. The second-order valence-electron chi connectivity index (χ2n) is 7.27. The van der Waals surface area contributed by atoms with Crippen LogP contribution in [0.15, 0.2) is 46.4 Å². The lowest BCUT2D eigenvalue weighted by atomic mass is 10.1. The third-order valence-electron chi connectivity index (χ3n) is 5.12. The number of hydrogen-bond donors (Lipinski definition) is 2. The Labute approximate surface area is 192 Å². The Morgan fingerprint density at radius 2 is 2.06 bits per heavy atom. The molecule has 0 radical (unpaired) electrons. The van der Waals surface area contributed by atoms with Gasteiger partial charge in [0.05, 0.1) is 29.4 Å². The van der Waals surface area contributed by atoms with Crippen LogP contribution in [0.3, 0.4) is 0 Å². The van der Waals surface area contributed by atoms with Gasteiger partial charge in [-0.05, 0) is 43.6 Å². The predicted octanol–water partition coefficient (Wildman–Crippen LogP) is 5.87. The van der Waals surface area contributed by atoms with Crippen molar-refractivity contribution in [3.05, 3.63) is 63.9 Å². The molecule has 2 aromatic heterocycles. The lowest BCUT2D eigenvalue weighted by molar-refractivity contribution is 0.151. The molecule has 0 saturated carbocycles. The highest BCUT2D eigenvalue weighted by Gasteiger charge is 2.18. The van der Waals surface area contributed by atoms with Crippen molar-refractivity contribution in [2.24, 2.45) is 0 Å². The van der Waals surface area contributed by atoms with E-state index in [0.717, 1.165) is 43.5 Å². The zero-order chi connectivity index (χ0) is 22.3. The summed E-state index contributed by atoms with van der Waals surface area (Å²) in [5.41, 5.74) is 5.51. The number of nitrogens with one attached hydrogen (secondary N) is 2. The standard InChI is InChI=1S/C21H22F3N5OS2/c22-17-5-3-4-14(11-29-6-1-2-7-29)16(17)9-25-18-10-26-20(8-15(18)21(23)24)32-30-28-19-12-31-13-27-19/h3-5,8,10,12-13,21,25,28H,1-2,6-7,9,11H2. The van der Waals surface area contributed by atoms with Crippen LogP contribution in [0, 0.1) is 5.82 Å². The molecule has 1 aliphatic heterocycles. The van der Waals surface area contributed by atoms with Crippen LogP contribution in [0.4, 0.5) is 24.7 Å². The highest BCUT2D eigenvalue weighted by Crippen LogP contribution is 2.31. The monoisotopic (exact) mass is 481 g/mol. The van der Waals surface area contributed by atoms with Gasteiger partial charge < -0.3 is 5.32 Å². The van der Waals surface area contributed by atoms with E-state index in [1.165, 1.54) is 29.7 Å². The summed E-state index contributed by atoms with van der Waals surface area (Å²) in [6.07, 6.45) is 0.868. The highest BCUT2D eigenvalue weighted by atomic mass is 32.2. The number of likely N-dealkylation sites (tertiary alicyclic amines) is 1. The maximum atomic E-state index is 14.6. The number of pyridine rings is 1. The molecule has 0 amide bonds. The molecule has 0 atom stereocenters. The number of rotatable bonds is 10. The van der Waals surface area contributed by atoms with Crippen LogP contribution in [0.5, 0.6) is 0 Å². The Balaban J connectivity index is 1.43. The molecule has 11 heteroatoms. The molecule has 1 fully saturated rings. The van der Waals surface area contributed by atoms with E-state index in [1.807, 2.05) is 6.07 Å². The quantitative estimate of drug-likeness (QED) is 0.277. The third-order valence-corrected chi connectivity index (χ3v) is 6.26. The molecule has 0 aliphatic carbocycles. The van der Waals surface area contributed by atoms with Crippen LogP contribution in [0.1, 0.15) is 36.0 Å². The van der Waals surface area contributed by atoms with Crippen LogP contribution in [0.2, 0.25) is 0 Å². The van der Waals surface area contributed by atoms with Crippen molar-refractivity contribution in [2.45, 2.75) is 37.4 Å². The maximum absolute atomic E-state index is 14.6. The van der Waals surface area contributed by atoms with Gasteiger partial charge in [-0.1, -0.05) is 12.1 Å². The topological polar surface area (TPSA) is 62.3 Å². The molecule has 0 unspecified atom stereocenters. The first-order valence-electron chi connectivity index (χ1n) is 10.1. The van der Waals surface area contributed by atoms with Gasteiger partial charge in [-0.25, -0.2) is 28.6 Å². The molecule has 1 aliphatic rings. The average molecular weight is 482 g/mol. The van der Waals surface area contributed by atoms with Crippen LogP contribution in [-0.4, -0.2) is 28.0 Å². The van der Waals surface area contributed by atoms with Crippen LogP contribution in [0.25, 0.3) is 0 Å². The summed E-state index contributed by atoms with van der Waals surface area (Å²) in [6, 6.07) is 6.22. The Bertz CT molecular complexity index is 1020. The number of hydrogen-bond acceptors (Lipinski definition) is 8. The van der Waals surface area contributed by atoms with Gasteiger partial charge in [0.15, 0.2) is 5.82 Å². The zero-order valence-electron chi connectivity index (χ0n) is 17.1. The molecule has 0 spiro atoms. The minimum Gasteiger partial charge on any atom is -0.379 e. The molecular weight excluding hydrogens is 459 g/mol. The van der Waals surface area contributed by atoms with Crippen molar-refractivity contribution < 1.29 is 17.5 Å². The van der Waals surface area contributed by atoms with E-state index < -0.39 is 6.43 Å². The first kappa shape index (κ1) is 22.8. The smallest absolute Gasteiger partial charge is 0.265 e. The summed E-state index contributed by atoms with van der Waals surface area (Å²) in [7, 11) is 0. The largest absolute Gasteiger partial charge is 0.379 e. The summed E-state index contributed by atoms with van der Waals surface area (Å²) < 4.78 is 47.1. The Morgan fingerprint density at radius 1 is 1.22 bits per heavy atom. The van der Waals surface area contributed by atoms with Gasteiger partial charge in [0.25, 0.3) is 6.43 Å². The number of benzene rings is 1. The average Bonchev–Trinajstić information content (AvgIpc) is 3.48. The zero-order valence-corrected chi connectivity index (χ0v) is 18.7. The molecule has 0 bridgehead atoms. The maximum Gasteiger partial charge on any atom is 0.265 e. The SMILES string of the molecule is Fc1cccc(CN2CCCC2)c1CNc1cnc(SONc2cscn2)cc1C(F)F. The predicted molar refractivity (Wildman–Crippen MR) is 120 cm³/mol. The lowest BCUT2D eigenvalue weighted by Crippen LogP contribution is -2.20. The summed E-state index contributed by atoms with van der Waals surface area (Å²) in [4.78, 5) is 10.4. The summed E-state index contributed by atoms with van der Waals surface area (Å²) in [5, 5.41) is 4.95. The van der Waals surface area contributed by atoms with Gasteiger partial charge in [0, 0.05) is 29.6 Å². The molecular formula is C21H22F3N5OS2. The number of anilines is 2. The molecule has 3 aromatic rings. The van der Waals surface area contributed by atoms with E-state index in [2.05, 4.69) is 25.7 Å². The van der Waals surface area contributed by atoms with E-state index in [0.29, 0.717) is 17.9 Å². The van der Waals surface area contributed by atoms with Gasteiger partial charge in [-0.15, -0.1) is 11.3 Å². The summed E-state index contributed by atoms with van der Waals surface area (Å²) >= 11 is 2.20. The van der Waals surface area contributed by atoms with Gasteiger partial charge in [-0.2, -0.15) is 4.28 Å². The number of alkyl halides is 2. The molecule has 2 N–H and O–H groups in total. The number of aromatic nitrogens is 2. The van der Waals surface area contributed by atoms with E-state index in [4.69, 9.17) is 4.28 Å². The normalized spacial score (nSPS) is 14.2. The molecule has 1 saturated heterocycles. The number of thiazole rings is 1. The van der Waals surface area contributed by atoms with E-state index in [-0.39, 0.29) is 28.6 Å². The molecule has 32 heavy (non-hydrogen) atoms. The van der Waals surface area contributed by atoms with Crippen LogP contribution < -0.4 is 10.8 Å². The number of nitrogens with zero attached hydrogens (tertiary/aromatic N) is 3. The van der Waals surface area contributed by atoms with Crippen molar-refractivity contribution in [1.82, 2.24) is 14.9 Å². The van der Waals surface area contributed by atoms with Gasteiger partial charge in [0.2, 0.25) is 0 Å². The van der Waals surface area contributed by atoms with Crippen molar-refractivity contribution in [3.63, 3.8) is 0 Å². The minimum atomic E-state index is -2.73. The van der Waals surface area contributed by atoms with Crippen molar-refractivity contribution >= 4 is 34.9 Å². The molecule has 170 valence electrons. The Morgan fingerprint density at radius 3 is 2.81 bits per heavy atom. The van der Waals surface area contributed by atoms with Gasteiger partial charge in [0.1, 0.15) is 10.8 Å². The fourth-order valence-electron chi connectivity index (χ4n) is 3.51. The van der Waals surface area contributed by atoms with Crippen LogP contribution in [-0.2, 0) is 17.4 Å². The van der Waals surface area contributed by atoms with E-state index >= 15 is 0 Å². The van der Waals surface area contributed by atoms with Crippen molar-refractivity contribution in [2.75, 3.05) is 23.9 Å². The van der Waals surface area contributed by atoms with Crippen LogP contribution >= 0.6 is 23.4 Å². The fraction of sp³-hybridized carbons (Fsp3) is 0.333. The third kappa shape index (κ3) is 5.91. The van der Waals surface area contributed by atoms with Crippen molar-refractivity contribution in [3.8, 4) is 0 Å². The fourth-order valence-corrected chi connectivity index (χ4v) is 4.46. The second kappa shape index (κ2) is 11.0. The van der Waals surface area contributed by atoms with Crippen molar-refractivity contribution in [1.29, 1.82) is 0 Å². The van der Waals surface area contributed by atoms with E-state index in [9.17, 15) is 13.2 Å². The van der Waals surface area contributed by atoms with E-state index in [1.54, 1.807) is 17.0 Å². The molecule has 1 aromatic carbocycles. The van der Waals surface area contributed by atoms with Gasteiger partial charge in [-0.3, -0.25) is 4.90 Å². The highest BCUT2D eigenvalue weighted by molar-refractivity contribution is 7.94. The lowest BCUT2D eigenvalue weighted by Gasteiger charge is -2.19. The van der Waals surface area contributed by atoms with Gasteiger partial charge >= 0.3 is 0 Å². The summed E-state index contributed by atoms with van der Waals surface area (Å²) in [6.45, 7) is 2.71. The minimum absolute atomic E-state index is 0.0889. The Kier molecular flexibility index (Phi) is 7.85. The first-order valence-corrected chi connectivity index (χ1v) is 11.8. The summed E-state index contributed by atoms with van der Waals surface area (Å²) in [5.74, 6) is 0.166. The molecule has 6 nitrogen and oxygen atoms in total. The molecule has 3 heterocycles. The molecule has 4 rings (SSSR count). The number of halogens is 3. The second-order valence-corrected chi connectivity index (χ2v) is 8.74. The Hall–Kier alpha value is -2.34.